The molecule has 4 heteroatoms. The summed E-state index contributed by atoms with van der Waals surface area (Å²) in [5.41, 5.74) is 1.33. The van der Waals surface area contributed by atoms with E-state index in [-0.39, 0.29) is 5.89 Å². The Bertz CT molecular complexity index is 469. The molecule has 0 atom stereocenters. The second-order valence-electron chi connectivity index (χ2n) is 2.24. The van der Waals surface area contributed by atoms with Crippen molar-refractivity contribution in [1.29, 1.82) is 5.26 Å². The molecule has 0 bridgehead atoms. The van der Waals surface area contributed by atoms with Crippen molar-refractivity contribution in [1.82, 2.24) is 4.98 Å². The highest BCUT2D eigenvalue weighted by molar-refractivity contribution is 9.10. The van der Waals surface area contributed by atoms with Crippen LogP contribution in [0.5, 0.6) is 0 Å². The van der Waals surface area contributed by atoms with Crippen LogP contribution in [0.15, 0.2) is 27.1 Å². The second kappa shape index (κ2) is 2.61. The lowest BCUT2D eigenvalue weighted by atomic mass is 10.3. The molecule has 2 rings (SSSR count). The number of hydrogen-bond acceptors (Lipinski definition) is 3. The molecule has 0 aliphatic rings. The summed E-state index contributed by atoms with van der Waals surface area (Å²) in [4.78, 5) is 3.93. The zero-order valence-electron chi connectivity index (χ0n) is 5.91. The first-order valence-corrected chi connectivity index (χ1v) is 4.05. The van der Waals surface area contributed by atoms with Crippen LogP contribution in [0.25, 0.3) is 11.1 Å². The SMILES string of the molecule is N#Cc1nc2cc(Br)ccc2o1. The first-order chi connectivity index (χ1) is 5.79. The molecule has 0 aliphatic carbocycles. The van der Waals surface area contributed by atoms with Gasteiger partial charge in [-0.25, -0.2) is 0 Å². The first kappa shape index (κ1) is 7.32. The maximum absolute atomic E-state index is 8.49. The number of fused-ring (bicyclic) bond motifs is 1. The Labute approximate surface area is 76.8 Å². The summed E-state index contributed by atoms with van der Waals surface area (Å²) < 4.78 is 6.00. The van der Waals surface area contributed by atoms with Gasteiger partial charge < -0.3 is 4.42 Å². The fourth-order valence-corrected chi connectivity index (χ4v) is 1.30. The Morgan fingerprint density at radius 2 is 2.33 bits per heavy atom. The number of rotatable bonds is 0. The van der Waals surface area contributed by atoms with Crippen molar-refractivity contribution in [3.8, 4) is 6.07 Å². The molecule has 0 saturated carbocycles. The summed E-state index contributed by atoms with van der Waals surface area (Å²) in [5.74, 6) is 0.100. The van der Waals surface area contributed by atoms with Crippen molar-refractivity contribution in [2.75, 3.05) is 0 Å². The van der Waals surface area contributed by atoms with Crippen LogP contribution < -0.4 is 0 Å². The van der Waals surface area contributed by atoms with Crippen molar-refractivity contribution < 1.29 is 4.42 Å². The van der Waals surface area contributed by atoms with Gasteiger partial charge in [0.2, 0.25) is 0 Å². The molecule has 58 valence electrons. The van der Waals surface area contributed by atoms with Gasteiger partial charge in [-0.3, -0.25) is 0 Å². The molecule has 0 aliphatic heterocycles. The molecule has 0 spiro atoms. The molecule has 0 radical (unpaired) electrons. The van der Waals surface area contributed by atoms with E-state index in [4.69, 9.17) is 9.68 Å². The van der Waals surface area contributed by atoms with Crippen LogP contribution in [0.2, 0.25) is 0 Å². The lowest BCUT2D eigenvalue weighted by Gasteiger charge is -1.85. The van der Waals surface area contributed by atoms with Crippen molar-refractivity contribution in [2.24, 2.45) is 0 Å². The van der Waals surface area contributed by atoms with Crippen LogP contribution in [0, 0.1) is 11.3 Å². The number of nitriles is 1. The molecule has 0 saturated heterocycles. The average Bonchev–Trinajstić information content (AvgIpc) is 2.46. The zero-order valence-corrected chi connectivity index (χ0v) is 7.50. The van der Waals surface area contributed by atoms with Gasteiger partial charge in [-0.1, -0.05) is 15.9 Å². The van der Waals surface area contributed by atoms with Crippen molar-refractivity contribution in [3.05, 3.63) is 28.6 Å². The number of benzene rings is 1. The molecule has 3 nitrogen and oxygen atoms in total. The van der Waals surface area contributed by atoms with Gasteiger partial charge in [-0.05, 0) is 18.2 Å². The molecule has 2 aromatic rings. The fraction of sp³-hybridized carbons (Fsp3) is 0. The number of hydrogen-bond donors (Lipinski definition) is 0. The van der Waals surface area contributed by atoms with Gasteiger partial charge in [0.15, 0.2) is 11.7 Å². The topological polar surface area (TPSA) is 49.8 Å². The van der Waals surface area contributed by atoms with Crippen LogP contribution in [0.4, 0.5) is 0 Å². The van der Waals surface area contributed by atoms with E-state index in [1.807, 2.05) is 12.1 Å². The summed E-state index contributed by atoms with van der Waals surface area (Å²) in [6.45, 7) is 0. The lowest BCUT2D eigenvalue weighted by Crippen LogP contribution is -1.69. The van der Waals surface area contributed by atoms with Gasteiger partial charge in [-0.15, -0.1) is 0 Å². The Hall–Kier alpha value is -1.34. The van der Waals surface area contributed by atoms with E-state index in [0.717, 1.165) is 4.47 Å². The highest BCUT2D eigenvalue weighted by Gasteiger charge is 2.03. The Balaban J connectivity index is 2.77. The van der Waals surface area contributed by atoms with Crippen LogP contribution >= 0.6 is 15.9 Å². The molecule has 0 fully saturated rings. The smallest absolute Gasteiger partial charge is 0.301 e. The summed E-state index contributed by atoms with van der Waals surface area (Å²) in [5, 5.41) is 8.49. The predicted octanol–water partition coefficient (Wildman–Crippen LogP) is 2.46. The molecular weight excluding hydrogens is 220 g/mol. The van der Waals surface area contributed by atoms with E-state index in [1.165, 1.54) is 0 Å². The molecular formula is C8H3BrN2O. The van der Waals surface area contributed by atoms with Gasteiger partial charge in [0.25, 0.3) is 0 Å². The van der Waals surface area contributed by atoms with Gasteiger partial charge >= 0.3 is 5.89 Å². The summed E-state index contributed by atoms with van der Waals surface area (Å²) in [7, 11) is 0. The third-order valence-electron chi connectivity index (χ3n) is 1.45. The molecule has 1 heterocycles. The monoisotopic (exact) mass is 222 g/mol. The molecule has 0 unspecified atom stereocenters. The van der Waals surface area contributed by atoms with Crippen LogP contribution in [0.1, 0.15) is 5.89 Å². The minimum Gasteiger partial charge on any atom is -0.428 e. The van der Waals surface area contributed by atoms with E-state index >= 15 is 0 Å². The normalized spacial score (nSPS) is 10.0. The first-order valence-electron chi connectivity index (χ1n) is 3.26. The Morgan fingerprint density at radius 1 is 1.50 bits per heavy atom. The standard InChI is InChI=1S/C8H3BrN2O/c9-5-1-2-7-6(3-5)11-8(4-10)12-7/h1-3H. The summed E-state index contributed by atoms with van der Waals surface area (Å²) >= 11 is 3.30. The zero-order chi connectivity index (χ0) is 8.55. The van der Waals surface area contributed by atoms with E-state index in [9.17, 15) is 0 Å². The van der Waals surface area contributed by atoms with Crippen molar-refractivity contribution >= 4 is 27.0 Å². The Morgan fingerprint density at radius 3 is 3.08 bits per heavy atom. The highest BCUT2D eigenvalue weighted by Crippen LogP contribution is 2.19. The van der Waals surface area contributed by atoms with E-state index in [2.05, 4.69) is 20.9 Å². The molecule has 1 aromatic heterocycles. The molecule has 1 aromatic carbocycles. The quantitative estimate of drug-likeness (QED) is 0.689. The minimum atomic E-state index is 0.100. The fourth-order valence-electron chi connectivity index (χ4n) is 0.948. The van der Waals surface area contributed by atoms with Crippen LogP contribution in [-0.4, -0.2) is 4.98 Å². The van der Waals surface area contributed by atoms with Crippen molar-refractivity contribution in [3.63, 3.8) is 0 Å². The van der Waals surface area contributed by atoms with Crippen molar-refractivity contribution in [2.45, 2.75) is 0 Å². The minimum absolute atomic E-state index is 0.100. The maximum atomic E-state index is 8.49. The van der Waals surface area contributed by atoms with Crippen LogP contribution in [0.3, 0.4) is 0 Å². The van der Waals surface area contributed by atoms with Gasteiger partial charge in [-0.2, -0.15) is 10.2 Å². The van der Waals surface area contributed by atoms with Gasteiger partial charge in [0, 0.05) is 4.47 Å². The molecule has 12 heavy (non-hydrogen) atoms. The number of oxazole rings is 1. The maximum Gasteiger partial charge on any atom is 0.301 e. The molecule has 0 N–H and O–H groups in total. The second-order valence-corrected chi connectivity index (χ2v) is 3.16. The number of aromatic nitrogens is 1. The third kappa shape index (κ3) is 1.08. The third-order valence-corrected chi connectivity index (χ3v) is 1.94. The predicted molar refractivity (Wildman–Crippen MR) is 46.4 cm³/mol. The lowest BCUT2D eigenvalue weighted by molar-refractivity contribution is 0.584. The summed E-state index contributed by atoms with van der Waals surface area (Å²) in [6.07, 6.45) is 0. The Kier molecular flexibility index (Phi) is 1.59. The van der Waals surface area contributed by atoms with E-state index in [1.54, 1.807) is 12.1 Å². The molecule has 0 amide bonds. The van der Waals surface area contributed by atoms with Gasteiger partial charge in [0.1, 0.15) is 5.52 Å². The summed E-state index contributed by atoms with van der Waals surface area (Å²) in [6, 6.07) is 7.26. The average molecular weight is 223 g/mol. The largest absolute Gasteiger partial charge is 0.428 e. The van der Waals surface area contributed by atoms with E-state index in [0.29, 0.717) is 11.1 Å². The van der Waals surface area contributed by atoms with Gasteiger partial charge in [0.05, 0.1) is 0 Å². The highest BCUT2D eigenvalue weighted by atomic mass is 79.9. The van der Waals surface area contributed by atoms with E-state index < -0.39 is 0 Å². The number of halogens is 1. The van der Waals surface area contributed by atoms with Crippen LogP contribution in [-0.2, 0) is 0 Å². The number of nitrogens with zero attached hydrogens (tertiary/aromatic N) is 2.